The molecular weight excluding hydrogens is 290 g/mol. The summed E-state index contributed by atoms with van der Waals surface area (Å²) in [6.07, 6.45) is -7.89. The maximum absolute atomic E-state index is 13.3. The van der Waals surface area contributed by atoms with Crippen molar-refractivity contribution in [1.29, 1.82) is 5.26 Å². The van der Waals surface area contributed by atoms with Crippen LogP contribution < -0.4 is 4.90 Å². The standard InChI is InChI=1S/C13H11F4N3O/c1-7-4-8(6-18)5-10(19-7)20(9-2-3-9)12(21)11(14)13(15,16)17/h4-5,9,11H,2-3H2,1H3. The van der Waals surface area contributed by atoms with Gasteiger partial charge >= 0.3 is 6.18 Å². The van der Waals surface area contributed by atoms with Crippen LogP contribution in [-0.4, -0.2) is 29.3 Å². The van der Waals surface area contributed by atoms with Gasteiger partial charge in [0.1, 0.15) is 5.82 Å². The predicted molar refractivity (Wildman–Crippen MR) is 65.1 cm³/mol. The zero-order valence-corrected chi connectivity index (χ0v) is 11.0. The average molecular weight is 301 g/mol. The number of halogens is 4. The Morgan fingerprint density at radius 3 is 2.57 bits per heavy atom. The van der Waals surface area contributed by atoms with E-state index in [0.717, 1.165) is 0 Å². The number of hydrogen-bond donors (Lipinski definition) is 0. The number of carbonyl (C=O) groups excluding carboxylic acids is 1. The number of anilines is 1. The molecule has 0 aromatic carbocycles. The number of rotatable bonds is 3. The molecule has 1 aliphatic rings. The molecule has 0 saturated heterocycles. The van der Waals surface area contributed by atoms with Crippen LogP contribution in [-0.2, 0) is 4.79 Å². The zero-order valence-electron chi connectivity index (χ0n) is 11.0. The van der Waals surface area contributed by atoms with Crippen molar-refractivity contribution >= 4 is 11.7 Å². The van der Waals surface area contributed by atoms with E-state index >= 15 is 0 Å². The van der Waals surface area contributed by atoms with Gasteiger partial charge in [-0.1, -0.05) is 0 Å². The van der Waals surface area contributed by atoms with E-state index in [1.807, 2.05) is 6.07 Å². The van der Waals surface area contributed by atoms with Gasteiger partial charge in [-0.25, -0.2) is 9.37 Å². The largest absolute Gasteiger partial charge is 0.428 e. The van der Waals surface area contributed by atoms with E-state index in [1.165, 1.54) is 19.1 Å². The molecule has 1 saturated carbocycles. The highest BCUT2D eigenvalue weighted by molar-refractivity contribution is 5.97. The lowest BCUT2D eigenvalue weighted by molar-refractivity contribution is -0.185. The second kappa shape index (κ2) is 5.31. The third-order valence-corrected chi connectivity index (χ3v) is 2.97. The number of aryl methyl sites for hydroxylation is 1. The van der Waals surface area contributed by atoms with Crippen LogP contribution in [0.15, 0.2) is 12.1 Å². The number of nitrogens with zero attached hydrogens (tertiary/aromatic N) is 3. The van der Waals surface area contributed by atoms with Crippen LogP contribution in [0, 0.1) is 18.3 Å². The third-order valence-electron chi connectivity index (χ3n) is 2.97. The van der Waals surface area contributed by atoms with E-state index in [4.69, 9.17) is 5.26 Å². The molecule has 1 heterocycles. The van der Waals surface area contributed by atoms with Crippen LogP contribution >= 0.6 is 0 Å². The van der Waals surface area contributed by atoms with E-state index < -0.39 is 24.3 Å². The SMILES string of the molecule is Cc1cc(C#N)cc(N(C(=O)C(F)C(F)(F)F)C2CC2)n1. The van der Waals surface area contributed by atoms with Crippen LogP contribution in [0.3, 0.4) is 0 Å². The molecule has 1 unspecified atom stereocenters. The highest BCUT2D eigenvalue weighted by Gasteiger charge is 2.50. The number of amides is 1. The molecule has 1 amide bonds. The molecule has 0 radical (unpaired) electrons. The summed E-state index contributed by atoms with van der Waals surface area (Å²) in [6.45, 7) is 1.54. The van der Waals surface area contributed by atoms with Crippen molar-refractivity contribution in [1.82, 2.24) is 4.98 Å². The van der Waals surface area contributed by atoms with Crippen molar-refractivity contribution in [3.05, 3.63) is 23.4 Å². The Balaban J connectivity index is 2.39. The first kappa shape index (κ1) is 15.2. The van der Waals surface area contributed by atoms with Crippen molar-refractivity contribution in [2.24, 2.45) is 0 Å². The number of hydrogen-bond acceptors (Lipinski definition) is 3. The Morgan fingerprint density at radius 2 is 2.10 bits per heavy atom. The number of pyridine rings is 1. The van der Waals surface area contributed by atoms with Crippen LogP contribution in [0.2, 0.25) is 0 Å². The lowest BCUT2D eigenvalue weighted by Crippen LogP contribution is -2.45. The quantitative estimate of drug-likeness (QED) is 0.806. The Kier molecular flexibility index (Phi) is 3.85. The molecule has 21 heavy (non-hydrogen) atoms. The normalized spacial score (nSPS) is 16.2. The maximum atomic E-state index is 13.3. The summed E-state index contributed by atoms with van der Waals surface area (Å²) in [5.74, 6) is -1.81. The smallest absolute Gasteiger partial charge is 0.291 e. The van der Waals surface area contributed by atoms with Gasteiger partial charge in [0.25, 0.3) is 12.1 Å². The first-order valence-electron chi connectivity index (χ1n) is 6.16. The Bertz CT molecular complexity index is 604. The van der Waals surface area contributed by atoms with E-state index in [9.17, 15) is 22.4 Å². The van der Waals surface area contributed by atoms with E-state index in [1.54, 1.807) is 0 Å². The summed E-state index contributed by atoms with van der Waals surface area (Å²) < 4.78 is 50.5. The highest BCUT2D eigenvalue weighted by atomic mass is 19.4. The monoisotopic (exact) mass is 301 g/mol. The Hall–Kier alpha value is -2.17. The van der Waals surface area contributed by atoms with Crippen LogP contribution in [0.5, 0.6) is 0 Å². The van der Waals surface area contributed by atoms with E-state index in [-0.39, 0.29) is 11.4 Å². The number of aromatic nitrogens is 1. The number of alkyl halides is 4. The van der Waals surface area contributed by atoms with Gasteiger partial charge in [-0.3, -0.25) is 9.69 Å². The number of nitriles is 1. The molecule has 0 aliphatic heterocycles. The molecular formula is C13H11F4N3O. The van der Waals surface area contributed by atoms with Gasteiger partial charge in [-0.2, -0.15) is 18.4 Å². The zero-order chi connectivity index (χ0) is 15.8. The molecule has 1 aromatic rings. The van der Waals surface area contributed by atoms with Crippen LogP contribution in [0.1, 0.15) is 24.1 Å². The predicted octanol–water partition coefficient (Wildman–Crippen LogP) is 2.66. The average Bonchev–Trinajstić information content (AvgIpc) is 3.20. The van der Waals surface area contributed by atoms with Gasteiger partial charge in [-0.15, -0.1) is 0 Å². The fourth-order valence-corrected chi connectivity index (χ4v) is 1.91. The van der Waals surface area contributed by atoms with Crippen molar-refractivity contribution in [2.45, 2.75) is 38.2 Å². The van der Waals surface area contributed by atoms with Gasteiger partial charge in [0, 0.05) is 11.7 Å². The van der Waals surface area contributed by atoms with Crippen molar-refractivity contribution in [2.75, 3.05) is 4.90 Å². The fraction of sp³-hybridized carbons (Fsp3) is 0.462. The molecule has 0 spiro atoms. The minimum atomic E-state index is -5.26. The van der Waals surface area contributed by atoms with Gasteiger partial charge in [0.2, 0.25) is 0 Å². The topological polar surface area (TPSA) is 57.0 Å². The summed E-state index contributed by atoms with van der Waals surface area (Å²) in [5.41, 5.74) is 0.517. The van der Waals surface area contributed by atoms with Crippen molar-refractivity contribution < 1.29 is 22.4 Å². The van der Waals surface area contributed by atoms with Gasteiger partial charge in [-0.05, 0) is 31.9 Å². The van der Waals surface area contributed by atoms with Gasteiger partial charge in [0.15, 0.2) is 0 Å². The lowest BCUT2D eigenvalue weighted by atomic mass is 10.2. The maximum Gasteiger partial charge on any atom is 0.428 e. The summed E-state index contributed by atoms with van der Waals surface area (Å²) in [4.78, 5) is 16.5. The van der Waals surface area contributed by atoms with Crippen LogP contribution in [0.4, 0.5) is 23.4 Å². The Labute approximate surface area is 118 Å². The summed E-state index contributed by atoms with van der Waals surface area (Å²) >= 11 is 0. The molecule has 1 fully saturated rings. The minimum Gasteiger partial charge on any atom is -0.291 e. The third kappa shape index (κ3) is 3.29. The van der Waals surface area contributed by atoms with E-state index in [0.29, 0.717) is 23.4 Å². The van der Waals surface area contributed by atoms with Crippen molar-refractivity contribution in [3.8, 4) is 6.07 Å². The first-order chi connectivity index (χ1) is 9.74. The molecule has 0 bridgehead atoms. The molecule has 1 atom stereocenters. The number of carbonyl (C=O) groups is 1. The Morgan fingerprint density at radius 1 is 1.48 bits per heavy atom. The van der Waals surface area contributed by atoms with Gasteiger partial charge < -0.3 is 0 Å². The molecule has 1 aromatic heterocycles. The van der Waals surface area contributed by atoms with Gasteiger partial charge in [0.05, 0.1) is 11.6 Å². The first-order valence-corrected chi connectivity index (χ1v) is 6.16. The molecule has 0 N–H and O–H groups in total. The molecule has 1 aliphatic carbocycles. The highest BCUT2D eigenvalue weighted by Crippen LogP contribution is 2.34. The summed E-state index contributed by atoms with van der Waals surface area (Å²) in [6, 6.07) is 3.94. The van der Waals surface area contributed by atoms with Crippen LogP contribution in [0.25, 0.3) is 0 Å². The molecule has 2 rings (SSSR count). The molecule has 112 valence electrons. The lowest BCUT2D eigenvalue weighted by Gasteiger charge is -2.24. The minimum absolute atomic E-state index is 0.119. The summed E-state index contributed by atoms with van der Waals surface area (Å²) in [7, 11) is 0. The fourth-order valence-electron chi connectivity index (χ4n) is 1.91. The summed E-state index contributed by atoms with van der Waals surface area (Å²) in [5, 5.41) is 8.86. The molecule has 8 heteroatoms. The second-order valence-corrected chi connectivity index (χ2v) is 4.81. The molecule has 4 nitrogen and oxygen atoms in total. The second-order valence-electron chi connectivity index (χ2n) is 4.81. The van der Waals surface area contributed by atoms with E-state index in [2.05, 4.69) is 4.98 Å². The van der Waals surface area contributed by atoms with Crippen molar-refractivity contribution in [3.63, 3.8) is 0 Å².